The third-order valence-corrected chi connectivity index (χ3v) is 4.76. The fraction of sp³-hybridized carbons (Fsp3) is 0.350. The first kappa shape index (κ1) is 20.8. The van der Waals surface area contributed by atoms with Crippen LogP contribution in [0.1, 0.15) is 25.0 Å². The minimum atomic E-state index is -1.16. The zero-order valence-corrected chi connectivity index (χ0v) is 16.2. The maximum Gasteiger partial charge on any atom is 0.310 e. The molecule has 144 valence electrons. The Morgan fingerprint density at radius 2 is 1.93 bits per heavy atom. The van der Waals surface area contributed by atoms with E-state index >= 15 is 0 Å². The van der Waals surface area contributed by atoms with Crippen molar-refractivity contribution < 1.29 is 18.7 Å². The van der Waals surface area contributed by atoms with Crippen molar-refractivity contribution in [3.05, 3.63) is 64.7 Å². The van der Waals surface area contributed by atoms with Crippen LogP contribution in [0.25, 0.3) is 0 Å². The summed E-state index contributed by atoms with van der Waals surface area (Å²) in [7, 11) is 1.30. The highest BCUT2D eigenvalue weighted by molar-refractivity contribution is 6.30. The molecule has 7 heteroatoms. The number of hydrogen-bond donors (Lipinski definition) is 1. The Hall–Kier alpha value is -2.47. The molecule has 1 heterocycles. The van der Waals surface area contributed by atoms with Gasteiger partial charge in [0.2, 0.25) is 5.91 Å². The van der Waals surface area contributed by atoms with Crippen LogP contribution in [0.15, 0.2) is 42.7 Å². The highest BCUT2D eigenvalue weighted by Gasteiger charge is 2.34. The zero-order valence-electron chi connectivity index (χ0n) is 15.5. The van der Waals surface area contributed by atoms with Gasteiger partial charge < -0.3 is 10.1 Å². The van der Waals surface area contributed by atoms with Crippen LogP contribution >= 0.6 is 11.6 Å². The smallest absolute Gasteiger partial charge is 0.310 e. The van der Waals surface area contributed by atoms with Gasteiger partial charge in [-0.2, -0.15) is 0 Å². The monoisotopic (exact) mass is 392 g/mol. The molecule has 2 aromatic rings. The van der Waals surface area contributed by atoms with E-state index in [0.29, 0.717) is 6.42 Å². The topological polar surface area (TPSA) is 68.3 Å². The number of esters is 1. The molecule has 0 aliphatic rings. The summed E-state index contributed by atoms with van der Waals surface area (Å²) < 4.78 is 19.2. The lowest BCUT2D eigenvalue weighted by Crippen LogP contribution is -2.44. The second-order valence-corrected chi connectivity index (χ2v) is 7.12. The predicted octanol–water partition coefficient (Wildman–Crippen LogP) is 3.30. The average Bonchev–Trinajstić information content (AvgIpc) is 2.66. The molecule has 1 unspecified atom stereocenters. The quantitative estimate of drug-likeness (QED) is 0.734. The largest absolute Gasteiger partial charge is 0.469 e. The SMILES string of the molecule is COC(=O)C(CNC(=O)C(C)(C)c1cccc(Cl)c1F)Cc1ccncc1. The highest BCUT2D eigenvalue weighted by Crippen LogP contribution is 2.29. The third kappa shape index (κ3) is 5.04. The molecule has 1 atom stereocenters. The van der Waals surface area contributed by atoms with E-state index in [-0.39, 0.29) is 17.1 Å². The molecule has 0 aliphatic heterocycles. The lowest BCUT2D eigenvalue weighted by molar-refractivity contribution is -0.145. The lowest BCUT2D eigenvalue weighted by Gasteiger charge is -2.26. The average molecular weight is 393 g/mol. The summed E-state index contributed by atoms with van der Waals surface area (Å²) in [6.45, 7) is 3.28. The number of aromatic nitrogens is 1. The first-order valence-corrected chi connectivity index (χ1v) is 8.84. The van der Waals surface area contributed by atoms with Gasteiger partial charge in [0.1, 0.15) is 5.82 Å². The first-order valence-electron chi connectivity index (χ1n) is 8.47. The highest BCUT2D eigenvalue weighted by atomic mass is 35.5. The molecular weight excluding hydrogens is 371 g/mol. The number of benzene rings is 1. The maximum atomic E-state index is 14.3. The Labute approximate surface area is 162 Å². The van der Waals surface area contributed by atoms with E-state index in [1.54, 1.807) is 44.4 Å². The summed E-state index contributed by atoms with van der Waals surface area (Å²) in [5, 5.41) is 2.70. The summed E-state index contributed by atoms with van der Waals surface area (Å²) in [5.74, 6) is -2.03. The summed E-state index contributed by atoms with van der Waals surface area (Å²) >= 11 is 5.83. The summed E-state index contributed by atoms with van der Waals surface area (Å²) in [6, 6.07) is 8.13. The summed E-state index contributed by atoms with van der Waals surface area (Å²) in [6.07, 6.45) is 3.65. The van der Waals surface area contributed by atoms with Crippen molar-refractivity contribution >= 4 is 23.5 Å². The number of halogens is 2. The molecule has 5 nitrogen and oxygen atoms in total. The van der Waals surface area contributed by atoms with E-state index in [4.69, 9.17) is 16.3 Å². The van der Waals surface area contributed by atoms with Gasteiger partial charge in [-0.25, -0.2) is 4.39 Å². The minimum absolute atomic E-state index is 0.0431. The number of nitrogens with one attached hydrogen (secondary N) is 1. The van der Waals surface area contributed by atoms with Crippen LogP contribution in [-0.4, -0.2) is 30.5 Å². The minimum Gasteiger partial charge on any atom is -0.469 e. The Balaban J connectivity index is 2.12. The lowest BCUT2D eigenvalue weighted by atomic mass is 9.83. The molecule has 1 N–H and O–H groups in total. The number of carbonyl (C=O) groups excluding carboxylic acids is 2. The Morgan fingerprint density at radius 3 is 2.56 bits per heavy atom. The molecule has 1 aromatic heterocycles. The van der Waals surface area contributed by atoms with Gasteiger partial charge in [-0.05, 0) is 44.0 Å². The van der Waals surface area contributed by atoms with Gasteiger partial charge in [0.25, 0.3) is 0 Å². The first-order chi connectivity index (χ1) is 12.8. The van der Waals surface area contributed by atoms with Gasteiger partial charge in [0, 0.05) is 24.5 Å². The standard InChI is InChI=1S/C20H22ClFN2O3/c1-20(2,15-5-4-6-16(21)17(15)22)19(26)24-12-14(18(25)27-3)11-13-7-9-23-10-8-13/h4-10,14H,11-12H2,1-3H3,(H,24,26). The number of pyridine rings is 1. The van der Waals surface area contributed by atoms with Crippen LogP contribution < -0.4 is 5.32 Å². The fourth-order valence-electron chi connectivity index (χ4n) is 2.75. The molecule has 0 spiro atoms. The van der Waals surface area contributed by atoms with E-state index in [9.17, 15) is 14.0 Å². The van der Waals surface area contributed by atoms with Crippen LogP contribution in [-0.2, 0) is 26.2 Å². The number of amides is 1. The van der Waals surface area contributed by atoms with E-state index < -0.39 is 29.0 Å². The Bertz CT molecular complexity index is 812. The molecule has 0 aliphatic carbocycles. The van der Waals surface area contributed by atoms with Gasteiger partial charge in [-0.1, -0.05) is 23.7 Å². The normalized spacial score (nSPS) is 12.3. The predicted molar refractivity (Wildman–Crippen MR) is 101 cm³/mol. The zero-order chi connectivity index (χ0) is 20.0. The summed E-state index contributed by atoms with van der Waals surface area (Å²) in [5.41, 5.74) is -0.0715. The van der Waals surface area contributed by atoms with Crippen molar-refractivity contribution in [2.45, 2.75) is 25.7 Å². The molecule has 0 fully saturated rings. The molecule has 1 amide bonds. The number of ether oxygens (including phenoxy) is 1. The van der Waals surface area contributed by atoms with Crippen LogP contribution in [0.5, 0.6) is 0 Å². The van der Waals surface area contributed by atoms with Gasteiger partial charge in [0.05, 0.1) is 23.5 Å². The van der Waals surface area contributed by atoms with Crippen LogP contribution in [0.2, 0.25) is 5.02 Å². The summed E-state index contributed by atoms with van der Waals surface area (Å²) in [4.78, 5) is 28.7. The van der Waals surface area contributed by atoms with E-state index in [2.05, 4.69) is 10.3 Å². The number of rotatable bonds is 7. The van der Waals surface area contributed by atoms with Crippen molar-refractivity contribution in [3.63, 3.8) is 0 Å². The number of hydrogen-bond acceptors (Lipinski definition) is 4. The molecule has 0 radical (unpaired) electrons. The van der Waals surface area contributed by atoms with Crippen molar-refractivity contribution in [2.24, 2.45) is 5.92 Å². The van der Waals surface area contributed by atoms with Crippen molar-refractivity contribution in [1.29, 1.82) is 0 Å². The van der Waals surface area contributed by atoms with Crippen molar-refractivity contribution in [3.8, 4) is 0 Å². The Morgan fingerprint density at radius 1 is 1.26 bits per heavy atom. The van der Waals surface area contributed by atoms with Gasteiger partial charge >= 0.3 is 5.97 Å². The second kappa shape index (κ2) is 8.95. The number of nitrogens with zero attached hydrogens (tertiary/aromatic N) is 1. The van der Waals surface area contributed by atoms with E-state index in [1.807, 2.05) is 0 Å². The van der Waals surface area contributed by atoms with Crippen LogP contribution in [0, 0.1) is 11.7 Å². The van der Waals surface area contributed by atoms with Gasteiger partial charge in [0.15, 0.2) is 0 Å². The van der Waals surface area contributed by atoms with Crippen LogP contribution in [0.4, 0.5) is 4.39 Å². The van der Waals surface area contributed by atoms with Gasteiger partial charge in [-0.3, -0.25) is 14.6 Å². The molecule has 2 rings (SSSR count). The molecular formula is C20H22ClFN2O3. The fourth-order valence-corrected chi connectivity index (χ4v) is 2.93. The molecule has 0 saturated heterocycles. The number of methoxy groups -OCH3 is 1. The maximum absolute atomic E-state index is 14.3. The van der Waals surface area contributed by atoms with Crippen molar-refractivity contribution in [1.82, 2.24) is 10.3 Å². The molecule has 0 bridgehead atoms. The molecule has 1 aromatic carbocycles. The number of carbonyl (C=O) groups is 2. The second-order valence-electron chi connectivity index (χ2n) is 6.72. The molecule has 0 saturated carbocycles. The van der Waals surface area contributed by atoms with Crippen molar-refractivity contribution in [2.75, 3.05) is 13.7 Å². The third-order valence-electron chi connectivity index (χ3n) is 4.47. The van der Waals surface area contributed by atoms with E-state index in [1.165, 1.54) is 19.2 Å². The molecule has 27 heavy (non-hydrogen) atoms. The van der Waals surface area contributed by atoms with E-state index in [0.717, 1.165) is 5.56 Å². The van der Waals surface area contributed by atoms with Gasteiger partial charge in [-0.15, -0.1) is 0 Å². The Kier molecular flexibility index (Phi) is 6.91. The van der Waals surface area contributed by atoms with Crippen LogP contribution in [0.3, 0.4) is 0 Å².